The molecule has 1 N–H and O–H groups in total. The lowest BCUT2D eigenvalue weighted by molar-refractivity contribution is -0.120. The van der Waals surface area contributed by atoms with Crippen molar-refractivity contribution in [1.29, 1.82) is 0 Å². The second kappa shape index (κ2) is 9.99. The quantitative estimate of drug-likeness (QED) is 0.544. The minimum absolute atomic E-state index is 0.00532. The van der Waals surface area contributed by atoms with Gasteiger partial charge in [0.15, 0.2) is 0 Å². The number of benzene rings is 2. The Bertz CT molecular complexity index is 656. The smallest absolute Gasteiger partial charge is 0.233 e. The van der Waals surface area contributed by atoms with E-state index in [4.69, 9.17) is 9.47 Å². The SMILES string of the molecule is CCc1ccc(OCCNC(=O)[C@@H](C)Sc2ccc(OC)cc2)cc1. The van der Waals surface area contributed by atoms with Gasteiger partial charge in [0.1, 0.15) is 18.1 Å². The molecule has 0 spiro atoms. The van der Waals surface area contributed by atoms with Crippen LogP contribution in [0, 0.1) is 0 Å². The van der Waals surface area contributed by atoms with Gasteiger partial charge in [-0.15, -0.1) is 11.8 Å². The topological polar surface area (TPSA) is 47.6 Å². The first-order valence-electron chi connectivity index (χ1n) is 8.42. The summed E-state index contributed by atoms with van der Waals surface area (Å²) in [5, 5.41) is 2.74. The average Bonchev–Trinajstić information content (AvgIpc) is 2.66. The summed E-state index contributed by atoms with van der Waals surface area (Å²) < 4.78 is 10.8. The maximum absolute atomic E-state index is 12.2. The molecule has 0 aliphatic carbocycles. The summed E-state index contributed by atoms with van der Waals surface area (Å²) in [5.41, 5.74) is 1.28. The standard InChI is InChI=1S/C20H25NO3S/c1-4-16-5-7-18(8-6-16)24-14-13-21-20(22)15(2)25-19-11-9-17(23-3)10-12-19/h5-12,15H,4,13-14H2,1-3H3,(H,21,22)/t15-/m1/s1. The molecule has 0 aliphatic heterocycles. The van der Waals surface area contributed by atoms with Gasteiger partial charge in [-0.25, -0.2) is 0 Å². The summed E-state index contributed by atoms with van der Waals surface area (Å²) in [7, 11) is 1.64. The molecule has 1 atom stereocenters. The summed E-state index contributed by atoms with van der Waals surface area (Å²) in [6.07, 6.45) is 1.01. The lowest BCUT2D eigenvalue weighted by atomic mass is 10.2. The summed E-state index contributed by atoms with van der Waals surface area (Å²) in [4.78, 5) is 13.2. The third kappa shape index (κ3) is 6.35. The number of rotatable bonds is 9. The zero-order valence-corrected chi connectivity index (χ0v) is 15.8. The lowest BCUT2D eigenvalue weighted by Gasteiger charge is -2.13. The molecule has 4 nitrogen and oxygen atoms in total. The highest BCUT2D eigenvalue weighted by Crippen LogP contribution is 2.25. The molecule has 0 radical (unpaired) electrons. The number of nitrogens with one attached hydrogen (secondary N) is 1. The van der Waals surface area contributed by atoms with Gasteiger partial charge in [-0.05, 0) is 55.3 Å². The predicted octanol–water partition coefficient (Wildman–Crippen LogP) is 3.93. The van der Waals surface area contributed by atoms with Crippen molar-refractivity contribution in [2.75, 3.05) is 20.3 Å². The maximum atomic E-state index is 12.2. The molecule has 0 saturated heterocycles. The number of carbonyl (C=O) groups excluding carboxylic acids is 1. The Balaban J connectivity index is 1.69. The molecule has 0 aromatic heterocycles. The second-order valence-electron chi connectivity index (χ2n) is 5.57. The van der Waals surface area contributed by atoms with Crippen molar-refractivity contribution in [3.05, 3.63) is 54.1 Å². The fourth-order valence-electron chi connectivity index (χ4n) is 2.22. The highest BCUT2D eigenvalue weighted by atomic mass is 32.2. The number of amides is 1. The molecule has 134 valence electrons. The molecule has 1 amide bonds. The van der Waals surface area contributed by atoms with Crippen molar-refractivity contribution in [1.82, 2.24) is 5.32 Å². The van der Waals surface area contributed by atoms with Gasteiger partial charge in [-0.1, -0.05) is 19.1 Å². The van der Waals surface area contributed by atoms with Crippen molar-refractivity contribution in [2.24, 2.45) is 0 Å². The Kier molecular flexibility index (Phi) is 7.67. The number of aryl methyl sites for hydroxylation is 1. The van der Waals surface area contributed by atoms with Crippen LogP contribution in [-0.4, -0.2) is 31.4 Å². The molecule has 2 rings (SSSR count). The van der Waals surface area contributed by atoms with E-state index in [9.17, 15) is 4.79 Å². The van der Waals surface area contributed by atoms with Crippen LogP contribution in [0.4, 0.5) is 0 Å². The molecular formula is C20H25NO3S. The second-order valence-corrected chi connectivity index (χ2v) is 6.99. The number of methoxy groups -OCH3 is 1. The molecule has 0 aliphatic rings. The van der Waals surface area contributed by atoms with Crippen LogP contribution in [-0.2, 0) is 11.2 Å². The molecule has 0 bridgehead atoms. The van der Waals surface area contributed by atoms with Gasteiger partial charge in [0.05, 0.1) is 18.9 Å². The van der Waals surface area contributed by atoms with Crippen LogP contribution in [0.1, 0.15) is 19.4 Å². The normalized spacial score (nSPS) is 11.6. The largest absolute Gasteiger partial charge is 0.497 e. The third-order valence-electron chi connectivity index (χ3n) is 3.74. The number of thioether (sulfide) groups is 1. The number of hydrogen-bond acceptors (Lipinski definition) is 4. The average molecular weight is 359 g/mol. The van der Waals surface area contributed by atoms with Crippen LogP contribution in [0.5, 0.6) is 11.5 Å². The van der Waals surface area contributed by atoms with Gasteiger partial charge >= 0.3 is 0 Å². The lowest BCUT2D eigenvalue weighted by Crippen LogP contribution is -2.33. The Morgan fingerprint density at radius 1 is 1.08 bits per heavy atom. The van der Waals surface area contributed by atoms with Crippen molar-refractivity contribution >= 4 is 17.7 Å². The first-order valence-corrected chi connectivity index (χ1v) is 9.30. The van der Waals surface area contributed by atoms with Crippen LogP contribution in [0.15, 0.2) is 53.4 Å². The van der Waals surface area contributed by atoms with Crippen LogP contribution in [0.3, 0.4) is 0 Å². The molecular weight excluding hydrogens is 334 g/mol. The maximum Gasteiger partial charge on any atom is 0.233 e. The zero-order chi connectivity index (χ0) is 18.1. The van der Waals surface area contributed by atoms with E-state index in [2.05, 4.69) is 24.4 Å². The molecule has 2 aromatic rings. The van der Waals surface area contributed by atoms with E-state index in [0.29, 0.717) is 13.2 Å². The summed E-state index contributed by atoms with van der Waals surface area (Å²) in [5.74, 6) is 1.64. The van der Waals surface area contributed by atoms with Gasteiger partial charge in [-0.2, -0.15) is 0 Å². The van der Waals surface area contributed by atoms with E-state index in [1.165, 1.54) is 17.3 Å². The van der Waals surface area contributed by atoms with Crippen molar-refractivity contribution in [2.45, 2.75) is 30.4 Å². The monoisotopic (exact) mass is 359 g/mol. The predicted molar refractivity (Wildman–Crippen MR) is 103 cm³/mol. The fraction of sp³-hybridized carbons (Fsp3) is 0.350. The van der Waals surface area contributed by atoms with Crippen LogP contribution in [0.2, 0.25) is 0 Å². The molecule has 0 fully saturated rings. The van der Waals surface area contributed by atoms with Gasteiger partial charge in [0.25, 0.3) is 0 Å². The van der Waals surface area contributed by atoms with E-state index in [-0.39, 0.29) is 11.2 Å². The van der Waals surface area contributed by atoms with E-state index < -0.39 is 0 Å². The first-order chi connectivity index (χ1) is 12.1. The minimum atomic E-state index is -0.169. The van der Waals surface area contributed by atoms with Crippen LogP contribution < -0.4 is 14.8 Å². The Labute approximate surface area is 153 Å². The molecule has 0 heterocycles. The molecule has 0 unspecified atom stereocenters. The van der Waals surface area contributed by atoms with E-state index in [1.54, 1.807) is 7.11 Å². The van der Waals surface area contributed by atoms with Crippen LogP contribution in [0.25, 0.3) is 0 Å². The number of ether oxygens (including phenoxy) is 2. The van der Waals surface area contributed by atoms with Gasteiger partial charge in [0.2, 0.25) is 5.91 Å². The summed E-state index contributed by atoms with van der Waals surface area (Å²) in [6, 6.07) is 15.7. The number of hydrogen-bond donors (Lipinski definition) is 1. The molecule has 5 heteroatoms. The van der Waals surface area contributed by atoms with E-state index in [1.807, 2.05) is 43.3 Å². The first kappa shape index (κ1) is 19.2. The Hall–Kier alpha value is -2.14. The van der Waals surface area contributed by atoms with Crippen molar-refractivity contribution in [3.63, 3.8) is 0 Å². The van der Waals surface area contributed by atoms with Gasteiger partial charge in [0, 0.05) is 4.90 Å². The van der Waals surface area contributed by atoms with Crippen molar-refractivity contribution in [3.8, 4) is 11.5 Å². The molecule has 0 saturated carbocycles. The molecule has 2 aromatic carbocycles. The van der Waals surface area contributed by atoms with E-state index in [0.717, 1.165) is 22.8 Å². The Morgan fingerprint density at radius 3 is 2.32 bits per heavy atom. The van der Waals surface area contributed by atoms with Crippen LogP contribution >= 0.6 is 11.8 Å². The highest BCUT2D eigenvalue weighted by molar-refractivity contribution is 8.00. The van der Waals surface area contributed by atoms with Crippen molar-refractivity contribution < 1.29 is 14.3 Å². The number of carbonyl (C=O) groups is 1. The highest BCUT2D eigenvalue weighted by Gasteiger charge is 2.13. The summed E-state index contributed by atoms with van der Waals surface area (Å²) >= 11 is 1.52. The van der Waals surface area contributed by atoms with Gasteiger partial charge in [-0.3, -0.25) is 4.79 Å². The summed E-state index contributed by atoms with van der Waals surface area (Å²) in [6.45, 7) is 4.96. The van der Waals surface area contributed by atoms with Gasteiger partial charge < -0.3 is 14.8 Å². The minimum Gasteiger partial charge on any atom is -0.497 e. The zero-order valence-electron chi connectivity index (χ0n) is 15.0. The Morgan fingerprint density at radius 2 is 1.72 bits per heavy atom. The molecule has 25 heavy (non-hydrogen) atoms. The third-order valence-corrected chi connectivity index (χ3v) is 4.86. The van der Waals surface area contributed by atoms with E-state index >= 15 is 0 Å². The fourth-order valence-corrected chi connectivity index (χ4v) is 3.11.